The molecule has 1 aliphatic carbocycles. The number of amides is 3. The van der Waals surface area contributed by atoms with Crippen molar-refractivity contribution in [3.8, 4) is 0 Å². The van der Waals surface area contributed by atoms with Gasteiger partial charge in [0.15, 0.2) is 0 Å². The monoisotopic (exact) mass is 196 g/mol. The van der Waals surface area contributed by atoms with Crippen LogP contribution in [0.15, 0.2) is 23.6 Å². The molecule has 0 radical (unpaired) electrons. The minimum absolute atomic E-state index is 0.387. The Morgan fingerprint density at radius 1 is 1.43 bits per heavy atom. The van der Waals surface area contributed by atoms with Crippen LogP contribution in [0.25, 0.3) is 0 Å². The molecule has 0 aromatic carbocycles. The van der Waals surface area contributed by atoms with Gasteiger partial charge in [-0.15, -0.1) is 0 Å². The molecule has 0 bridgehead atoms. The lowest BCUT2D eigenvalue weighted by atomic mass is 9.87. The number of carbonyl (C=O) groups excluding carboxylic acids is 2. The molecular weight excluding hydrogens is 187 g/mol. The number of nitrogens with one attached hydrogen (secondary N) is 2. The van der Waals surface area contributed by atoms with Gasteiger partial charge >= 0.3 is 6.03 Å². The van der Waals surface area contributed by atoms with E-state index in [2.05, 4.69) is 10.6 Å². The van der Waals surface area contributed by atoms with Crippen LogP contribution < -0.4 is 10.6 Å². The first-order chi connectivity index (χ1) is 6.59. The van der Waals surface area contributed by atoms with Gasteiger partial charge in [0.25, 0.3) is 0 Å². The van der Waals surface area contributed by atoms with Crippen molar-refractivity contribution in [3.05, 3.63) is 23.6 Å². The third-order valence-electron chi connectivity index (χ3n) is 2.48. The molecule has 2 rings (SSSR count). The number of hydrogen-bond acceptors (Lipinski definition) is 2. The first-order valence-electron chi connectivity index (χ1n) is 4.25. The SMILES string of the molecule is CC1=C(F)C=CC2C(=O)NC(=O)NC12. The van der Waals surface area contributed by atoms with E-state index in [4.69, 9.17) is 0 Å². The highest BCUT2D eigenvalue weighted by molar-refractivity contribution is 6.00. The fourth-order valence-electron chi connectivity index (χ4n) is 1.66. The minimum Gasteiger partial charge on any atom is -0.330 e. The Bertz CT molecular complexity index is 373. The lowest BCUT2D eigenvalue weighted by molar-refractivity contribution is -0.123. The van der Waals surface area contributed by atoms with Crippen LogP contribution in [0, 0.1) is 5.92 Å². The van der Waals surface area contributed by atoms with Gasteiger partial charge in [-0.1, -0.05) is 6.08 Å². The fourth-order valence-corrected chi connectivity index (χ4v) is 1.66. The zero-order valence-corrected chi connectivity index (χ0v) is 7.50. The lowest BCUT2D eigenvalue weighted by Crippen LogP contribution is -2.58. The van der Waals surface area contributed by atoms with Crippen molar-refractivity contribution in [3.63, 3.8) is 0 Å². The number of rotatable bonds is 0. The summed E-state index contributed by atoms with van der Waals surface area (Å²) in [6, 6.07) is -1.11. The van der Waals surface area contributed by atoms with Crippen LogP contribution in [-0.2, 0) is 4.79 Å². The maximum Gasteiger partial charge on any atom is 0.321 e. The average Bonchev–Trinajstić information content (AvgIpc) is 2.12. The second kappa shape index (κ2) is 2.94. The van der Waals surface area contributed by atoms with Gasteiger partial charge < -0.3 is 5.32 Å². The molecule has 4 nitrogen and oxygen atoms in total. The van der Waals surface area contributed by atoms with E-state index >= 15 is 0 Å². The van der Waals surface area contributed by atoms with Crippen molar-refractivity contribution in [2.45, 2.75) is 13.0 Å². The van der Waals surface area contributed by atoms with Crippen LogP contribution in [0.5, 0.6) is 0 Å². The smallest absolute Gasteiger partial charge is 0.321 e. The quantitative estimate of drug-likeness (QED) is 0.596. The van der Waals surface area contributed by atoms with E-state index in [0.717, 1.165) is 0 Å². The molecule has 1 heterocycles. The molecule has 1 saturated heterocycles. The first-order valence-corrected chi connectivity index (χ1v) is 4.25. The fraction of sp³-hybridized carbons (Fsp3) is 0.333. The summed E-state index contributed by atoms with van der Waals surface area (Å²) in [5.41, 5.74) is 0.390. The molecule has 2 unspecified atom stereocenters. The van der Waals surface area contributed by atoms with Gasteiger partial charge in [0.1, 0.15) is 5.83 Å². The molecule has 1 aliphatic heterocycles. The highest BCUT2D eigenvalue weighted by atomic mass is 19.1. The predicted octanol–water partition coefficient (Wildman–Crippen LogP) is 0.624. The van der Waals surface area contributed by atoms with Gasteiger partial charge in [0.2, 0.25) is 5.91 Å². The van der Waals surface area contributed by atoms with E-state index < -0.39 is 18.0 Å². The summed E-state index contributed by atoms with van der Waals surface area (Å²) < 4.78 is 13.1. The van der Waals surface area contributed by atoms with Gasteiger partial charge in [-0.05, 0) is 18.6 Å². The Morgan fingerprint density at radius 2 is 2.14 bits per heavy atom. The summed E-state index contributed by atoms with van der Waals surface area (Å²) in [5.74, 6) is -1.27. The zero-order valence-electron chi connectivity index (χ0n) is 7.50. The van der Waals surface area contributed by atoms with Crippen LogP contribution in [0.2, 0.25) is 0 Å². The Balaban J connectivity index is 2.36. The lowest BCUT2D eigenvalue weighted by Gasteiger charge is -2.32. The van der Waals surface area contributed by atoms with E-state index in [1.54, 1.807) is 6.92 Å². The maximum atomic E-state index is 13.1. The molecule has 0 saturated carbocycles. The number of imide groups is 1. The Kier molecular flexibility index (Phi) is 1.87. The van der Waals surface area contributed by atoms with E-state index in [-0.39, 0.29) is 11.7 Å². The van der Waals surface area contributed by atoms with Crippen LogP contribution in [0.1, 0.15) is 6.92 Å². The van der Waals surface area contributed by atoms with Crippen molar-refractivity contribution in [1.29, 1.82) is 0 Å². The summed E-state index contributed by atoms with van der Waals surface area (Å²) in [4.78, 5) is 22.3. The molecule has 3 amide bonds. The average molecular weight is 196 g/mol. The van der Waals surface area contributed by atoms with E-state index in [9.17, 15) is 14.0 Å². The molecule has 0 spiro atoms. The largest absolute Gasteiger partial charge is 0.330 e. The maximum absolute atomic E-state index is 13.1. The molecule has 14 heavy (non-hydrogen) atoms. The van der Waals surface area contributed by atoms with Gasteiger partial charge in [-0.3, -0.25) is 10.1 Å². The highest BCUT2D eigenvalue weighted by Gasteiger charge is 2.37. The predicted molar refractivity (Wildman–Crippen MR) is 46.9 cm³/mol. The van der Waals surface area contributed by atoms with Crippen LogP contribution in [-0.4, -0.2) is 18.0 Å². The van der Waals surface area contributed by atoms with Crippen molar-refractivity contribution in [1.82, 2.24) is 10.6 Å². The number of carbonyl (C=O) groups is 2. The zero-order chi connectivity index (χ0) is 10.3. The van der Waals surface area contributed by atoms with E-state index in [1.165, 1.54) is 12.2 Å². The molecule has 5 heteroatoms. The molecule has 0 aromatic rings. The van der Waals surface area contributed by atoms with Crippen LogP contribution >= 0.6 is 0 Å². The molecule has 2 N–H and O–H groups in total. The number of hydrogen-bond donors (Lipinski definition) is 2. The molecular formula is C9H9FN2O2. The van der Waals surface area contributed by atoms with Gasteiger partial charge in [0, 0.05) is 0 Å². The highest BCUT2D eigenvalue weighted by Crippen LogP contribution is 2.26. The van der Waals surface area contributed by atoms with Gasteiger partial charge in [0.05, 0.1) is 12.0 Å². The second-order valence-electron chi connectivity index (χ2n) is 3.36. The van der Waals surface area contributed by atoms with Crippen molar-refractivity contribution >= 4 is 11.9 Å². The Hall–Kier alpha value is -1.65. The Morgan fingerprint density at radius 3 is 2.86 bits per heavy atom. The third-order valence-corrected chi connectivity index (χ3v) is 2.48. The molecule has 1 fully saturated rings. The molecule has 2 aliphatic rings. The standard InChI is InChI=1S/C9H9FN2O2/c1-4-6(10)3-2-5-7(4)11-9(14)12-8(5)13/h2-3,5,7H,1H3,(H2,11,12,13,14). The number of allylic oxidation sites excluding steroid dienone is 2. The molecule has 0 aromatic heterocycles. The Labute approximate surface area is 79.9 Å². The summed E-state index contributed by atoms with van der Waals surface area (Å²) in [6.07, 6.45) is 2.72. The van der Waals surface area contributed by atoms with Crippen molar-refractivity contribution in [2.24, 2.45) is 5.92 Å². The summed E-state index contributed by atoms with van der Waals surface area (Å²) >= 11 is 0. The van der Waals surface area contributed by atoms with Gasteiger partial charge in [-0.2, -0.15) is 0 Å². The van der Waals surface area contributed by atoms with Crippen molar-refractivity contribution < 1.29 is 14.0 Å². The van der Waals surface area contributed by atoms with Crippen molar-refractivity contribution in [2.75, 3.05) is 0 Å². The van der Waals surface area contributed by atoms with Gasteiger partial charge in [-0.25, -0.2) is 9.18 Å². The topological polar surface area (TPSA) is 58.2 Å². The van der Waals surface area contributed by atoms with Crippen LogP contribution in [0.4, 0.5) is 9.18 Å². The number of urea groups is 1. The molecule has 74 valence electrons. The third kappa shape index (κ3) is 1.21. The normalized spacial score (nSPS) is 31.0. The first kappa shape index (κ1) is 8.93. The van der Waals surface area contributed by atoms with Crippen LogP contribution in [0.3, 0.4) is 0 Å². The molecule has 2 atom stereocenters. The number of halogens is 1. The summed E-state index contributed by atoms with van der Waals surface area (Å²) in [6.45, 7) is 1.56. The number of fused-ring (bicyclic) bond motifs is 1. The summed E-state index contributed by atoms with van der Waals surface area (Å²) in [5, 5.41) is 4.64. The summed E-state index contributed by atoms with van der Waals surface area (Å²) in [7, 11) is 0. The second-order valence-corrected chi connectivity index (χ2v) is 3.36. The van der Waals surface area contributed by atoms with E-state index in [1.807, 2.05) is 0 Å². The van der Waals surface area contributed by atoms with E-state index in [0.29, 0.717) is 5.57 Å². The minimum atomic E-state index is -0.571.